The molecule has 0 aromatic heterocycles. The largest absolute Gasteiger partial charge is 0.484 e. The standard InChI is InChI=1S/C20H23ClN2O4/c1-13(2)15-4-8-18(9-5-15)27-14(3)20(25)23-22-19(24)12-26-17-10-6-16(21)7-11-17/h4-11,13-14H,12H2,1-3H3,(H,22,24)(H,23,25)/t14-/m0/s1. The van der Waals surface area contributed by atoms with Gasteiger partial charge in [-0.3, -0.25) is 20.4 Å². The molecule has 7 heteroatoms. The molecule has 2 rings (SSSR count). The van der Waals surface area contributed by atoms with Crippen molar-refractivity contribution in [2.75, 3.05) is 6.61 Å². The molecule has 2 amide bonds. The highest BCUT2D eigenvalue weighted by Gasteiger charge is 2.15. The summed E-state index contributed by atoms with van der Waals surface area (Å²) in [5, 5.41) is 0.576. The number of hydrazine groups is 1. The fraction of sp³-hybridized carbons (Fsp3) is 0.300. The van der Waals surface area contributed by atoms with Crippen LogP contribution in [0.25, 0.3) is 0 Å². The first-order chi connectivity index (χ1) is 12.8. The van der Waals surface area contributed by atoms with E-state index in [0.29, 0.717) is 22.4 Å². The normalized spacial score (nSPS) is 11.6. The Kier molecular flexibility index (Phi) is 7.49. The second kappa shape index (κ2) is 9.83. The van der Waals surface area contributed by atoms with Crippen molar-refractivity contribution >= 4 is 23.4 Å². The van der Waals surface area contributed by atoms with Gasteiger partial charge in [-0.05, 0) is 54.8 Å². The second-order valence-electron chi connectivity index (χ2n) is 6.26. The molecule has 2 N–H and O–H groups in total. The quantitative estimate of drug-likeness (QED) is 0.710. The number of amides is 2. The van der Waals surface area contributed by atoms with E-state index in [0.717, 1.165) is 0 Å². The molecule has 0 aliphatic heterocycles. The lowest BCUT2D eigenvalue weighted by molar-refractivity contribution is -0.133. The van der Waals surface area contributed by atoms with Gasteiger partial charge in [-0.2, -0.15) is 0 Å². The van der Waals surface area contributed by atoms with Gasteiger partial charge in [-0.25, -0.2) is 0 Å². The number of ether oxygens (including phenoxy) is 2. The van der Waals surface area contributed by atoms with E-state index in [2.05, 4.69) is 24.7 Å². The van der Waals surface area contributed by atoms with Crippen molar-refractivity contribution in [2.24, 2.45) is 0 Å². The van der Waals surface area contributed by atoms with Crippen molar-refractivity contribution in [1.82, 2.24) is 10.9 Å². The van der Waals surface area contributed by atoms with Crippen molar-refractivity contribution in [3.8, 4) is 11.5 Å². The van der Waals surface area contributed by atoms with Crippen LogP contribution in [0.2, 0.25) is 5.02 Å². The molecule has 0 saturated carbocycles. The van der Waals surface area contributed by atoms with Crippen LogP contribution in [-0.4, -0.2) is 24.5 Å². The minimum Gasteiger partial charge on any atom is -0.484 e. The molecule has 6 nitrogen and oxygen atoms in total. The van der Waals surface area contributed by atoms with E-state index in [-0.39, 0.29) is 6.61 Å². The van der Waals surface area contributed by atoms with Gasteiger partial charge in [-0.1, -0.05) is 37.6 Å². The van der Waals surface area contributed by atoms with Crippen molar-refractivity contribution in [2.45, 2.75) is 32.8 Å². The number of benzene rings is 2. The van der Waals surface area contributed by atoms with E-state index in [1.54, 1.807) is 31.2 Å². The molecule has 0 aliphatic rings. The molecule has 0 saturated heterocycles. The highest BCUT2D eigenvalue weighted by molar-refractivity contribution is 6.30. The molecule has 0 aliphatic carbocycles. The Morgan fingerprint density at radius 3 is 2.11 bits per heavy atom. The fourth-order valence-corrected chi connectivity index (χ4v) is 2.26. The van der Waals surface area contributed by atoms with Gasteiger partial charge < -0.3 is 9.47 Å². The highest BCUT2D eigenvalue weighted by Crippen LogP contribution is 2.19. The number of hydrogen-bond donors (Lipinski definition) is 2. The maximum absolute atomic E-state index is 12.0. The number of rotatable bonds is 7. The number of carbonyl (C=O) groups excluding carboxylic acids is 2. The Morgan fingerprint density at radius 1 is 0.926 bits per heavy atom. The van der Waals surface area contributed by atoms with E-state index in [4.69, 9.17) is 21.1 Å². The van der Waals surface area contributed by atoms with Gasteiger partial charge in [0.1, 0.15) is 11.5 Å². The van der Waals surface area contributed by atoms with Crippen molar-refractivity contribution in [3.05, 3.63) is 59.1 Å². The summed E-state index contributed by atoms with van der Waals surface area (Å²) in [4.78, 5) is 23.8. The predicted octanol–water partition coefficient (Wildman–Crippen LogP) is 3.46. The van der Waals surface area contributed by atoms with Crippen LogP contribution in [0, 0.1) is 0 Å². The summed E-state index contributed by atoms with van der Waals surface area (Å²) in [6, 6.07) is 14.2. The first kappa shape index (κ1) is 20.6. The molecule has 1 atom stereocenters. The van der Waals surface area contributed by atoms with Crippen LogP contribution in [-0.2, 0) is 9.59 Å². The molecule has 27 heavy (non-hydrogen) atoms. The third-order valence-electron chi connectivity index (χ3n) is 3.74. The lowest BCUT2D eigenvalue weighted by Crippen LogP contribution is -2.48. The van der Waals surface area contributed by atoms with Crippen LogP contribution >= 0.6 is 11.6 Å². The van der Waals surface area contributed by atoms with E-state index < -0.39 is 17.9 Å². The zero-order valence-corrected chi connectivity index (χ0v) is 16.2. The summed E-state index contributed by atoms with van der Waals surface area (Å²) in [5.74, 6) is 0.543. The van der Waals surface area contributed by atoms with Gasteiger partial charge in [0.15, 0.2) is 12.7 Å². The fourth-order valence-electron chi connectivity index (χ4n) is 2.14. The van der Waals surface area contributed by atoms with Gasteiger partial charge >= 0.3 is 0 Å². The number of hydrogen-bond acceptors (Lipinski definition) is 4. The molecule has 144 valence electrons. The van der Waals surface area contributed by atoms with Gasteiger partial charge in [0.25, 0.3) is 11.8 Å². The van der Waals surface area contributed by atoms with Crippen LogP contribution in [0.4, 0.5) is 0 Å². The number of halogens is 1. The Morgan fingerprint density at radius 2 is 1.52 bits per heavy atom. The Hall–Kier alpha value is -2.73. The molecule has 0 radical (unpaired) electrons. The Balaban J connectivity index is 1.73. The minimum atomic E-state index is -0.771. The van der Waals surface area contributed by atoms with Gasteiger partial charge in [0, 0.05) is 5.02 Å². The van der Waals surface area contributed by atoms with E-state index in [9.17, 15) is 9.59 Å². The highest BCUT2D eigenvalue weighted by atomic mass is 35.5. The van der Waals surface area contributed by atoms with Gasteiger partial charge in [0.05, 0.1) is 0 Å². The van der Waals surface area contributed by atoms with E-state index >= 15 is 0 Å². The Labute approximate surface area is 163 Å². The van der Waals surface area contributed by atoms with Crippen LogP contribution in [0.5, 0.6) is 11.5 Å². The van der Waals surface area contributed by atoms with E-state index in [1.165, 1.54) is 5.56 Å². The molecule has 0 spiro atoms. The maximum atomic E-state index is 12.0. The second-order valence-corrected chi connectivity index (χ2v) is 6.70. The van der Waals surface area contributed by atoms with Crippen LogP contribution < -0.4 is 20.3 Å². The van der Waals surface area contributed by atoms with Crippen LogP contribution in [0.3, 0.4) is 0 Å². The molecule has 0 fully saturated rings. The van der Waals surface area contributed by atoms with Crippen LogP contribution in [0.15, 0.2) is 48.5 Å². The summed E-state index contributed by atoms with van der Waals surface area (Å²) in [6.45, 7) is 5.56. The van der Waals surface area contributed by atoms with Gasteiger partial charge in [0.2, 0.25) is 0 Å². The average Bonchev–Trinajstić information content (AvgIpc) is 2.66. The molecule has 0 unspecified atom stereocenters. The Bertz CT molecular complexity index is 761. The molecule has 2 aromatic carbocycles. The summed E-state index contributed by atoms with van der Waals surface area (Å²) in [6.07, 6.45) is -0.771. The van der Waals surface area contributed by atoms with Crippen molar-refractivity contribution < 1.29 is 19.1 Å². The van der Waals surface area contributed by atoms with E-state index in [1.807, 2.05) is 24.3 Å². The number of nitrogens with one attached hydrogen (secondary N) is 2. The third kappa shape index (κ3) is 6.83. The molecule has 2 aromatic rings. The van der Waals surface area contributed by atoms with Crippen LogP contribution in [0.1, 0.15) is 32.3 Å². The minimum absolute atomic E-state index is 0.242. The summed E-state index contributed by atoms with van der Waals surface area (Å²) < 4.78 is 10.9. The first-order valence-corrected chi connectivity index (χ1v) is 8.96. The summed E-state index contributed by atoms with van der Waals surface area (Å²) >= 11 is 5.77. The molecule has 0 heterocycles. The zero-order valence-electron chi connectivity index (χ0n) is 15.5. The zero-order chi connectivity index (χ0) is 19.8. The molecular formula is C20H23ClN2O4. The smallest absolute Gasteiger partial charge is 0.279 e. The average molecular weight is 391 g/mol. The summed E-state index contributed by atoms with van der Waals surface area (Å²) in [5.41, 5.74) is 5.79. The number of carbonyl (C=O) groups is 2. The SMILES string of the molecule is CC(C)c1ccc(O[C@@H](C)C(=O)NNC(=O)COc2ccc(Cl)cc2)cc1. The topological polar surface area (TPSA) is 76.7 Å². The third-order valence-corrected chi connectivity index (χ3v) is 3.99. The predicted molar refractivity (Wildman–Crippen MR) is 104 cm³/mol. The molecular weight excluding hydrogens is 368 g/mol. The first-order valence-electron chi connectivity index (χ1n) is 8.59. The molecule has 0 bridgehead atoms. The van der Waals surface area contributed by atoms with Crippen molar-refractivity contribution in [1.29, 1.82) is 0 Å². The maximum Gasteiger partial charge on any atom is 0.279 e. The van der Waals surface area contributed by atoms with Crippen molar-refractivity contribution in [3.63, 3.8) is 0 Å². The lowest BCUT2D eigenvalue weighted by Gasteiger charge is -2.16. The monoisotopic (exact) mass is 390 g/mol. The lowest BCUT2D eigenvalue weighted by atomic mass is 10.0. The summed E-state index contributed by atoms with van der Waals surface area (Å²) in [7, 11) is 0. The van der Waals surface area contributed by atoms with Gasteiger partial charge in [-0.15, -0.1) is 0 Å².